The van der Waals surface area contributed by atoms with Gasteiger partial charge in [-0.1, -0.05) is 48.6 Å². The van der Waals surface area contributed by atoms with Gasteiger partial charge in [0.05, 0.1) is 5.56 Å². The summed E-state index contributed by atoms with van der Waals surface area (Å²) >= 11 is 0. The lowest BCUT2D eigenvalue weighted by molar-refractivity contribution is -0.137. The van der Waals surface area contributed by atoms with Crippen molar-refractivity contribution in [1.82, 2.24) is 14.8 Å². The molecule has 0 fully saturated rings. The van der Waals surface area contributed by atoms with Crippen LogP contribution < -0.4 is 0 Å². The third kappa shape index (κ3) is 3.43. The summed E-state index contributed by atoms with van der Waals surface area (Å²) in [6.45, 7) is 0. The molecule has 1 heterocycles. The van der Waals surface area contributed by atoms with Crippen molar-refractivity contribution in [1.29, 1.82) is 0 Å². The molecule has 0 N–H and O–H groups in total. The first-order valence-electron chi connectivity index (χ1n) is 8.58. The lowest BCUT2D eigenvalue weighted by atomic mass is 10.0. The molecular formula is C21H16F3N3. The highest BCUT2D eigenvalue weighted by Gasteiger charge is 2.30. The Morgan fingerprint density at radius 1 is 0.852 bits per heavy atom. The summed E-state index contributed by atoms with van der Waals surface area (Å²) in [6.07, 6.45) is 3.47. The zero-order valence-corrected chi connectivity index (χ0v) is 14.3. The molecule has 3 aromatic rings. The summed E-state index contributed by atoms with van der Waals surface area (Å²) in [5.41, 5.74) is 1.81. The maximum absolute atomic E-state index is 12.9. The van der Waals surface area contributed by atoms with Crippen molar-refractivity contribution in [2.75, 3.05) is 0 Å². The lowest BCUT2D eigenvalue weighted by Crippen LogP contribution is -2.05. The highest BCUT2D eigenvalue weighted by atomic mass is 19.4. The maximum Gasteiger partial charge on any atom is 0.416 e. The molecule has 3 nitrogen and oxygen atoms in total. The van der Waals surface area contributed by atoms with Gasteiger partial charge in [0.2, 0.25) is 0 Å². The molecule has 2 aromatic carbocycles. The monoisotopic (exact) mass is 367 g/mol. The first-order valence-corrected chi connectivity index (χ1v) is 8.58. The Morgan fingerprint density at radius 3 is 2.19 bits per heavy atom. The molecule has 1 aromatic heterocycles. The second-order valence-corrected chi connectivity index (χ2v) is 6.25. The molecular weight excluding hydrogens is 351 g/mol. The number of para-hydroxylation sites is 1. The largest absolute Gasteiger partial charge is 0.416 e. The fourth-order valence-electron chi connectivity index (χ4n) is 3.10. The molecule has 0 spiro atoms. The number of rotatable bonds is 3. The Kier molecular flexibility index (Phi) is 4.39. The van der Waals surface area contributed by atoms with Crippen molar-refractivity contribution in [3.05, 3.63) is 84.2 Å². The number of benzene rings is 2. The Labute approximate surface area is 154 Å². The average molecular weight is 367 g/mol. The zero-order chi connectivity index (χ0) is 18.9. The van der Waals surface area contributed by atoms with Crippen molar-refractivity contribution >= 4 is 5.57 Å². The van der Waals surface area contributed by atoms with Crippen LogP contribution in [0, 0.1) is 0 Å². The summed E-state index contributed by atoms with van der Waals surface area (Å²) in [5, 5.41) is 8.65. The van der Waals surface area contributed by atoms with Crippen LogP contribution in [-0.2, 0) is 6.18 Å². The first-order chi connectivity index (χ1) is 13.0. The maximum atomic E-state index is 12.9. The van der Waals surface area contributed by atoms with Gasteiger partial charge in [0.25, 0.3) is 0 Å². The molecule has 0 saturated heterocycles. The van der Waals surface area contributed by atoms with Gasteiger partial charge in [-0.15, -0.1) is 10.2 Å². The van der Waals surface area contributed by atoms with E-state index in [1.165, 1.54) is 12.1 Å². The van der Waals surface area contributed by atoms with Crippen LogP contribution in [0.2, 0.25) is 0 Å². The van der Waals surface area contributed by atoms with E-state index >= 15 is 0 Å². The summed E-state index contributed by atoms with van der Waals surface area (Å²) < 4.78 is 40.5. The molecule has 0 bridgehead atoms. The Balaban J connectivity index is 1.85. The summed E-state index contributed by atoms with van der Waals surface area (Å²) in [5.74, 6) is 1.22. The predicted octanol–water partition coefficient (Wildman–Crippen LogP) is 5.69. The van der Waals surface area contributed by atoms with Crippen LogP contribution in [0.15, 0.2) is 72.8 Å². The topological polar surface area (TPSA) is 30.7 Å². The normalized spacial score (nSPS) is 14.3. The molecule has 0 aliphatic heterocycles. The van der Waals surface area contributed by atoms with E-state index in [0.717, 1.165) is 36.2 Å². The molecule has 0 atom stereocenters. The molecule has 0 unspecified atom stereocenters. The summed E-state index contributed by atoms with van der Waals surface area (Å²) in [7, 11) is 0. The van der Waals surface area contributed by atoms with Gasteiger partial charge >= 0.3 is 6.18 Å². The zero-order valence-electron chi connectivity index (χ0n) is 14.3. The highest BCUT2D eigenvalue weighted by molar-refractivity contribution is 5.69. The molecule has 0 radical (unpaired) electrons. The number of hydrogen-bond donors (Lipinski definition) is 0. The average Bonchev–Trinajstić information content (AvgIpc) is 3.14. The van der Waals surface area contributed by atoms with Gasteiger partial charge in [0, 0.05) is 11.3 Å². The van der Waals surface area contributed by atoms with Crippen LogP contribution in [0.3, 0.4) is 0 Å². The van der Waals surface area contributed by atoms with Gasteiger partial charge < -0.3 is 0 Å². The van der Waals surface area contributed by atoms with Gasteiger partial charge in [-0.3, -0.25) is 4.57 Å². The highest BCUT2D eigenvalue weighted by Crippen LogP contribution is 2.33. The Morgan fingerprint density at radius 2 is 1.56 bits per heavy atom. The third-order valence-electron chi connectivity index (χ3n) is 4.45. The van der Waals surface area contributed by atoms with Crippen molar-refractivity contribution in [3.63, 3.8) is 0 Å². The van der Waals surface area contributed by atoms with Crippen LogP contribution in [0.4, 0.5) is 13.2 Å². The molecule has 0 amide bonds. The van der Waals surface area contributed by atoms with Gasteiger partial charge in [0.1, 0.15) is 0 Å². The van der Waals surface area contributed by atoms with E-state index in [-0.39, 0.29) is 0 Å². The van der Waals surface area contributed by atoms with Crippen molar-refractivity contribution in [2.45, 2.75) is 19.0 Å². The van der Waals surface area contributed by atoms with Crippen molar-refractivity contribution < 1.29 is 13.2 Å². The van der Waals surface area contributed by atoms with Gasteiger partial charge in [0.15, 0.2) is 11.6 Å². The molecule has 4 rings (SSSR count). The molecule has 27 heavy (non-hydrogen) atoms. The number of halogens is 3. The lowest BCUT2D eigenvalue weighted by Gasteiger charge is -2.14. The van der Waals surface area contributed by atoms with E-state index in [0.29, 0.717) is 17.2 Å². The van der Waals surface area contributed by atoms with Gasteiger partial charge in [-0.05, 0) is 42.7 Å². The minimum Gasteiger partial charge on any atom is -0.275 e. The van der Waals surface area contributed by atoms with Crippen LogP contribution in [-0.4, -0.2) is 14.8 Å². The molecule has 1 aliphatic rings. The quantitative estimate of drug-likeness (QED) is 0.596. The van der Waals surface area contributed by atoms with E-state index in [1.807, 2.05) is 47.1 Å². The molecule has 6 heteroatoms. The number of nitrogens with zero attached hydrogens (tertiary/aromatic N) is 3. The minimum atomic E-state index is -4.37. The van der Waals surface area contributed by atoms with E-state index in [1.54, 1.807) is 0 Å². The van der Waals surface area contributed by atoms with Crippen LogP contribution in [0.5, 0.6) is 0 Å². The van der Waals surface area contributed by atoms with Gasteiger partial charge in [-0.2, -0.15) is 13.2 Å². The summed E-state index contributed by atoms with van der Waals surface area (Å²) in [4.78, 5) is 0. The SMILES string of the molecule is FC(F)(F)c1ccc(-c2nnc(C3=CC=CCC3)n2-c2ccccc2)cc1. The van der Waals surface area contributed by atoms with Crippen LogP contribution in [0.1, 0.15) is 24.2 Å². The predicted molar refractivity (Wildman–Crippen MR) is 98.1 cm³/mol. The fourth-order valence-corrected chi connectivity index (χ4v) is 3.10. The van der Waals surface area contributed by atoms with Crippen molar-refractivity contribution in [3.8, 4) is 17.1 Å². The second-order valence-electron chi connectivity index (χ2n) is 6.25. The second kappa shape index (κ2) is 6.87. The van der Waals surface area contributed by atoms with Crippen molar-refractivity contribution in [2.24, 2.45) is 0 Å². The van der Waals surface area contributed by atoms with E-state index in [9.17, 15) is 13.2 Å². The van der Waals surface area contributed by atoms with E-state index < -0.39 is 11.7 Å². The standard InChI is InChI=1S/C21H16F3N3/c22-21(23,24)17-13-11-16(12-14-17)20-26-25-19(15-7-3-1-4-8-15)27(20)18-9-5-2-6-10-18/h1-3,5-7,9-14H,4,8H2. The Bertz CT molecular complexity index is 997. The number of allylic oxidation sites excluding steroid dienone is 4. The number of alkyl halides is 3. The van der Waals surface area contributed by atoms with E-state index in [4.69, 9.17) is 0 Å². The minimum absolute atomic E-state index is 0.514. The fraction of sp³-hybridized carbons (Fsp3) is 0.143. The third-order valence-corrected chi connectivity index (χ3v) is 4.45. The van der Waals surface area contributed by atoms with E-state index in [2.05, 4.69) is 16.3 Å². The molecule has 136 valence electrons. The van der Waals surface area contributed by atoms with Crippen LogP contribution >= 0.6 is 0 Å². The Hall–Kier alpha value is -3.15. The summed E-state index contributed by atoms with van der Waals surface area (Å²) in [6, 6.07) is 14.6. The first kappa shape index (κ1) is 17.3. The molecule has 0 saturated carbocycles. The van der Waals surface area contributed by atoms with Crippen LogP contribution in [0.25, 0.3) is 22.6 Å². The number of aromatic nitrogens is 3. The number of hydrogen-bond acceptors (Lipinski definition) is 2. The smallest absolute Gasteiger partial charge is 0.275 e. The van der Waals surface area contributed by atoms with Gasteiger partial charge in [-0.25, -0.2) is 0 Å². The molecule has 1 aliphatic carbocycles.